The molecule has 0 aromatic heterocycles. The number of carbonyl (C=O) groups is 1. The van der Waals surface area contributed by atoms with Gasteiger partial charge in [0, 0.05) is 32.7 Å². The Bertz CT molecular complexity index is 771. The van der Waals surface area contributed by atoms with Crippen LogP contribution >= 0.6 is 24.0 Å². The Labute approximate surface area is 195 Å². The molecule has 30 heavy (non-hydrogen) atoms. The van der Waals surface area contributed by atoms with Crippen molar-refractivity contribution in [2.24, 2.45) is 10.7 Å². The predicted octanol–water partition coefficient (Wildman–Crippen LogP) is 3.48. The zero-order valence-electron chi connectivity index (χ0n) is 18.2. The zero-order chi connectivity index (χ0) is 21.6. The summed E-state index contributed by atoms with van der Waals surface area (Å²) < 4.78 is 20.0. The Morgan fingerprint density at radius 3 is 2.47 bits per heavy atom. The summed E-state index contributed by atoms with van der Waals surface area (Å²) in [5, 5.41) is 2.94. The van der Waals surface area contributed by atoms with E-state index < -0.39 is 5.60 Å². The minimum Gasteiger partial charge on any atom is -0.444 e. The molecule has 168 valence electrons. The molecule has 9 heteroatoms. The summed E-state index contributed by atoms with van der Waals surface area (Å²) in [6, 6.07) is 5.07. The summed E-state index contributed by atoms with van der Waals surface area (Å²) in [7, 11) is 0. The number of carbonyl (C=O) groups excluding carboxylic acids is 1. The van der Waals surface area contributed by atoms with Crippen LogP contribution in [-0.2, 0) is 11.3 Å². The van der Waals surface area contributed by atoms with Gasteiger partial charge in [-0.2, -0.15) is 0 Å². The van der Waals surface area contributed by atoms with Gasteiger partial charge in [-0.25, -0.2) is 14.2 Å². The third kappa shape index (κ3) is 8.37. The molecule has 2 rings (SSSR count). The highest BCUT2D eigenvalue weighted by Crippen LogP contribution is 2.23. The molecule has 1 heterocycles. The molecule has 1 aromatic rings. The quantitative estimate of drug-likeness (QED) is 0.262. The highest BCUT2D eigenvalue weighted by Gasteiger charge is 2.26. The van der Waals surface area contributed by atoms with Gasteiger partial charge in [-0.3, -0.25) is 0 Å². The average molecular weight is 533 g/mol. The lowest BCUT2D eigenvalue weighted by atomic mass is 10.1. The zero-order valence-corrected chi connectivity index (χ0v) is 20.5. The molecule has 1 fully saturated rings. The summed E-state index contributed by atoms with van der Waals surface area (Å²) >= 11 is 0. The molecular formula is C21H33FIN5O2. The Balaban J connectivity index is 0.00000450. The van der Waals surface area contributed by atoms with Crippen LogP contribution < -0.4 is 16.0 Å². The maximum absolute atomic E-state index is 14.6. The van der Waals surface area contributed by atoms with E-state index in [9.17, 15) is 9.18 Å². The molecule has 0 aliphatic carbocycles. The number of halogens is 2. The van der Waals surface area contributed by atoms with E-state index in [4.69, 9.17) is 10.5 Å². The number of aliphatic imine (C=N–C) groups is 1. The van der Waals surface area contributed by atoms with Crippen LogP contribution in [0.25, 0.3) is 0 Å². The number of rotatable bonds is 5. The van der Waals surface area contributed by atoms with Gasteiger partial charge in [-0.05, 0) is 45.4 Å². The van der Waals surface area contributed by atoms with Crippen LogP contribution in [0.1, 0.15) is 33.3 Å². The number of piperazine rings is 1. The SMILES string of the molecule is C=C(C)CNC(N)=NCc1ccc(N2CCN(C(=O)OC(C)(C)C)CC2)c(F)c1.I. The van der Waals surface area contributed by atoms with E-state index >= 15 is 0 Å². The number of guanidine groups is 1. The number of benzene rings is 1. The minimum atomic E-state index is -0.526. The molecule has 3 N–H and O–H groups in total. The number of ether oxygens (including phenoxy) is 1. The third-order valence-corrected chi connectivity index (χ3v) is 4.29. The Morgan fingerprint density at radius 2 is 1.93 bits per heavy atom. The Hall–Kier alpha value is -2.04. The van der Waals surface area contributed by atoms with Gasteiger partial charge >= 0.3 is 6.09 Å². The minimum absolute atomic E-state index is 0. The first-order valence-electron chi connectivity index (χ1n) is 9.74. The van der Waals surface area contributed by atoms with Crippen molar-refractivity contribution in [1.82, 2.24) is 10.2 Å². The van der Waals surface area contributed by atoms with Gasteiger partial charge in [0.1, 0.15) is 11.4 Å². The van der Waals surface area contributed by atoms with Gasteiger partial charge in [0.15, 0.2) is 5.96 Å². The van der Waals surface area contributed by atoms with Crippen LogP contribution in [0.3, 0.4) is 0 Å². The first kappa shape index (κ1) is 26.0. The van der Waals surface area contributed by atoms with E-state index in [2.05, 4.69) is 16.9 Å². The van der Waals surface area contributed by atoms with E-state index in [1.165, 1.54) is 6.07 Å². The molecule has 1 aliphatic rings. The average Bonchev–Trinajstić information content (AvgIpc) is 2.63. The lowest BCUT2D eigenvalue weighted by Gasteiger charge is -2.36. The molecule has 0 radical (unpaired) electrons. The van der Waals surface area contributed by atoms with E-state index in [0.717, 1.165) is 11.1 Å². The van der Waals surface area contributed by atoms with Gasteiger partial charge in [0.05, 0.1) is 12.2 Å². The Kier molecular flexibility index (Phi) is 9.86. The maximum atomic E-state index is 14.6. The van der Waals surface area contributed by atoms with Gasteiger partial charge < -0.3 is 25.6 Å². The number of hydrogen-bond donors (Lipinski definition) is 2. The molecule has 1 aliphatic heterocycles. The molecule has 0 atom stereocenters. The summed E-state index contributed by atoms with van der Waals surface area (Å²) in [4.78, 5) is 20.0. The fraction of sp³-hybridized carbons (Fsp3) is 0.524. The highest BCUT2D eigenvalue weighted by atomic mass is 127. The van der Waals surface area contributed by atoms with Crippen LogP contribution in [0.5, 0.6) is 0 Å². The molecule has 0 bridgehead atoms. The fourth-order valence-electron chi connectivity index (χ4n) is 2.84. The van der Waals surface area contributed by atoms with Crippen LogP contribution in [0.2, 0.25) is 0 Å². The van der Waals surface area contributed by atoms with Crippen molar-refractivity contribution in [3.63, 3.8) is 0 Å². The summed E-state index contributed by atoms with van der Waals surface area (Å²) in [5.74, 6) is -0.00682. The smallest absolute Gasteiger partial charge is 0.410 e. The maximum Gasteiger partial charge on any atom is 0.410 e. The second kappa shape index (κ2) is 11.4. The molecular weight excluding hydrogens is 500 g/mol. The number of amides is 1. The lowest BCUT2D eigenvalue weighted by Crippen LogP contribution is -2.50. The summed E-state index contributed by atoms with van der Waals surface area (Å²) in [6.45, 7) is 14.1. The van der Waals surface area contributed by atoms with Crippen molar-refractivity contribution in [2.75, 3.05) is 37.6 Å². The predicted molar refractivity (Wildman–Crippen MR) is 130 cm³/mol. The van der Waals surface area contributed by atoms with Crippen molar-refractivity contribution in [1.29, 1.82) is 0 Å². The second-order valence-electron chi connectivity index (χ2n) is 8.25. The van der Waals surface area contributed by atoms with Crippen LogP contribution in [0.15, 0.2) is 35.3 Å². The first-order valence-corrected chi connectivity index (χ1v) is 9.74. The van der Waals surface area contributed by atoms with Gasteiger partial charge in [-0.1, -0.05) is 18.2 Å². The van der Waals surface area contributed by atoms with E-state index in [1.807, 2.05) is 38.7 Å². The van der Waals surface area contributed by atoms with Gasteiger partial charge in [-0.15, -0.1) is 24.0 Å². The topological polar surface area (TPSA) is 83.2 Å². The number of anilines is 1. The van der Waals surface area contributed by atoms with E-state index in [0.29, 0.717) is 50.9 Å². The normalized spacial score (nSPS) is 14.8. The van der Waals surface area contributed by atoms with Crippen LogP contribution in [0, 0.1) is 5.82 Å². The molecule has 1 aromatic carbocycles. The van der Waals surface area contributed by atoms with Crippen LogP contribution in [-0.4, -0.2) is 55.3 Å². The van der Waals surface area contributed by atoms with Crippen LogP contribution in [0.4, 0.5) is 14.9 Å². The standard InChI is InChI=1S/C21H32FN5O2.HI/c1-15(2)13-24-19(23)25-14-16-6-7-18(17(22)12-16)26-8-10-27(11-9-26)20(28)29-21(3,4)5;/h6-7,12H,1,8-11,13-14H2,2-5H3,(H3,23,24,25);1H. The van der Waals surface area contributed by atoms with Crippen molar-refractivity contribution in [2.45, 2.75) is 39.8 Å². The molecule has 0 spiro atoms. The fourth-order valence-corrected chi connectivity index (χ4v) is 2.84. The van der Waals surface area contributed by atoms with E-state index in [1.54, 1.807) is 11.0 Å². The van der Waals surface area contributed by atoms with E-state index in [-0.39, 0.29) is 35.9 Å². The lowest BCUT2D eigenvalue weighted by molar-refractivity contribution is 0.0240. The van der Waals surface area contributed by atoms with Gasteiger partial charge in [0.2, 0.25) is 0 Å². The summed E-state index contributed by atoms with van der Waals surface area (Å²) in [6.07, 6.45) is -0.330. The molecule has 0 unspecified atom stereocenters. The van der Waals surface area contributed by atoms with Crippen molar-refractivity contribution < 1.29 is 13.9 Å². The third-order valence-electron chi connectivity index (χ3n) is 4.29. The monoisotopic (exact) mass is 533 g/mol. The van der Waals surface area contributed by atoms with Crippen molar-refractivity contribution >= 4 is 41.7 Å². The largest absolute Gasteiger partial charge is 0.444 e. The summed E-state index contributed by atoms with van der Waals surface area (Å²) in [5.41, 5.74) is 7.47. The number of hydrogen-bond acceptors (Lipinski definition) is 4. The molecule has 7 nitrogen and oxygen atoms in total. The second-order valence-corrected chi connectivity index (χ2v) is 8.25. The number of nitrogens with one attached hydrogen (secondary N) is 1. The number of nitrogens with two attached hydrogens (primary N) is 1. The van der Waals surface area contributed by atoms with Crippen molar-refractivity contribution in [3.05, 3.63) is 41.7 Å². The molecule has 1 saturated heterocycles. The van der Waals surface area contributed by atoms with Gasteiger partial charge in [0.25, 0.3) is 0 Å². The first-order chi connectivity index (χ1) is 13.5. The molecule has 0 saturated carbocycles. The number of nitrogens with zero attached hydrogens (tertiary/aromatic N) is 3. The Morgan fingerprint density at radius 1 is 1.30 bits per heavy atom. The molecule has 1 amide bonds. The highest BCUT2D eigenvalue weighted by molar-refractivity contribution is 14.0. The van der Waals surface area contributed by atoms with Crippen molar-refractivity contribution in [3.8, 4) is 0 Å².